The fourth-order valence-corrected chi connectivity index (χ4v) is 5.08. The number of nitrogens with zero attached hydrogens (tertiary/aromatic N) is 7. The second-order valence-corrected chi connectivity index (χ2v) is 11.2. The molecule has 4 aromatic heterocycles. The van der Waals surface area contributed by atoms with E-state index in [9.17, 15) is 10.1 Å². The molecule has 1 unspecified atom stereocenters. The van der Waals surface area contributed by atoms with Gasteiger partial charge in [0.15, 0.2) is 0 Å². The van der Waals surface area contributed by atoms with Crippen LogP contribution in [-0.4, -0.2) is 54.1 Å². The summed E-state index contributed by atoms with van der Waals surface area (Å²) in [4.78, 5) is 18.8. The summed E-state index contributed by atoms with van der Waals surface area (Å²) in [6.45, 7) is 10.9. The number of pyridine rings is 2. The van der Waals surface area contributed by atoms with Gasteiger partial charge >= 0.3 is 6.09 Å². The van der Waals surface area contributed by atoms with E-state index in [1.807, 2.05) is 69.8 Å². The van der Waals surface area contributed by atoms with Gasteiger partial charge in [0.2, 0.25) is 0 Å². The van der Waals surface area contributed by atoms with Crippen molar-refractivity contribution < 1.29 is 14.3 Å². The number of hydrogen-bond donors (Lipinski definition) is 0. The first-order chi connectivity index (χ1) is 19.1. The Hall–Kier alpha value is -4.39. The summed E-state index contributed by atoms with van der Waals surface area (Å²) in [5.41, 5.74) is 4.06. The average Bonchev–Trinajstić information content (AvgIpc) is 3.42. The Kier molecular flexibility index (Phi) is 7.48. The maximum Gasteiger partial charge on any atom is 0.410 e. The molecule has 0 N–H and O–H groups in total. The van der Waals surface area contributed by atoms with Crippen molar-refractivity contribution >= 4 is 11.6 Å². The van der Waals surface area contributed by atoms with Gasteiger partial charge in [0, 0.05) is 42.8 Å². The maximum atomic E-state index is 12.6. The van der Waals surface area contributed by atoms with E-state index in [1.54, 1.807) is 21.8 Å². The van der Waals surface area contributed by atoms with Crippen LogP contribution in [0.1, 0.15) is 76.1 Å². The summed E-state index contributed by atoms with van der Waals surface area (Å²) in [5.74, 6) is 0.555. The van der Waals surface area contributed by atoms with E-state index in [-0.39, 0.29) is 18.2 Å². The van der Waals surface area contributed by atoms with Gasteiger partial charge in [-0.25, -0.2) is 9.31 Å². The summed E-state index contributed by atoms with van der Waals surface area (Å²) < 4.78 is 15.7. The van der Waals surface area contributed by atoms with Crippen LogP contribution in [0.25, 0.3) is 16.6 Å². The molecule has 1 aliphatic rings. The van der Waals surface area contributed by atoms with Gasteiger partial charge in [0.05, 0.1) is 23.6 Å². The zero-order valence-corrected chi connectivity index (χ0v) is 23.7. The topological polar surface area (TPSA) is 111 Å². The highest BCUT2D eigenvalue weighted by Gasteiger charge is 2.27. The minimum atomic E-state index is -0.515. The lowest BCUT2D eigenvalue weighted by molar-refractivity contribution is 0.0255. The highest BCUT2D eigenvalue weighted by atomic mass is 16.6. The Bertz CT molecular complexity index is 1550. The SMILES string of the molecule is Cc1nn(C2CCCN(C(=O)OC(C)(C)C)CC2)cc1-c1cc(O[C@H](C)c2ccccn2)c2c(C#N)cnn2c1. The molecule has 0 aromatic carbocycles. The number of carbonyl (C=O) groups excluding carboxylic acids is 1. The molecule has 1 amide bonds. The first-order valence-electron chi connectivity index (χ1n) is 13.7. The van der Waals surface area contributed by atoms with E-state index < -0.39 is 5.60 Å². The molecule has 0 aliphatic carbocycles. The number of hydrogen-bond acceptors (Lipinski definition) is 7. The summed E-state index contributed by atoms with van der Waals surface area (Å²) >= 11 is 0. The van der Waals surface area contributed by atoms with Crippen LogP contribution in [0.15, 0.2) is 49.1 Å². The van der Waals surface area contributed by atoms with E-state index in [0.717, 1.165) is 41.8 Å². The van der Waals surface area contributed by atoms with Gasteiger partial charge in [-0.15, -0.1) is 0 Å². The Morgan fingerprint density at radius 1 is 1.20 bits per heavy atom. The van der Waals surface area contributed by atoms with Crippen molar-refractivity contribution in [2.24, 2.45) is 0 Å². The molecule has 4 aromatic rings. The van der Waals surface area contributed by atoms with E-state index in [4.69, 9.17) is 14.6 Å². The number of aryl methyl sites for hydroxylation is 1. The number of rotatable bonds is 5. The molecule has 1 aliphatic heterocycles. The minimum absolute atomic E-state index is 0.165. The molecular weight excluding hydrogens is 506 g/mol. The molecule has 1 saturated heterocycles. The molecule has 10 nitrogen and oxygen atoms in total. The first kappa shape index (κ1) is 27.2. The van der Waals surface area contributed by atoms with Gasteiger partial charge in [0.25, 0.3) is 0 Å². The average molecular weight is 542 g/mol. The molecule has 0 saturated carbocycles. The molecule has 5 heterocycles. The lowest BCUT2D eigenvalue weighted by Crippen LogP contribution is -2.37. The number of fused-ring (bicyclic) bond motifs is 1. The van der Waals surface area contributed by atoms with Crippen molar-refractivity contribution in [1.29, 1.82) is 5.26 Å². The molecule has 208 valence electrons. The van der Waals surface area contributed by atoms with E-state index in [0.29, 0.717) is 29.9 Å². The summed E-state index contributed by atoms with van der Waals surface area (Å²) in [6.07, 6.45) is 9.24. The van der Waals surface area contributed by atoms with Crippen LogP contribution in [0, 0.1) is 18.3 Å². The maximum absolute atomic E-state index is 12.6. The second kappa shape index (κ2) is 11.0. The fraction of sp³-hybridized carbons (Fsp3) is 0.433. The standard InChI is InChI=1S/C30H35N7O3/c1-20-25(19-36(34-20)24-9-8-13-35(14-11-24)29(38)40-30(3,4)5)22-15-27(28-23(16-31)17-33-37(28)18-22)39-21(2)26-10-6-7-12-32-26/h6-7,10,12,15,17-19,21,24H,8-9,11,13-14H2,1-5H3/t21-,24?/m1/s1. The molecular formula is C30H35N7O3. The fourth-order valence-electron chi connectivity index (χ4n) is 5.08. The van der Waals surface area contributed by atoms with Crippen LogP contribution in [-0.2, 0) is 4.74 Å². The highest BCUT2D eigenvalue weighted by molar-refractivity contribution is 5.76. The predicted molar refractivity (Wildman–Crippen MR) is 150 cm³/mol. The van der Waals surface area contributed by atoms with Crippen molar-refractivity contribution in [3.63, 3.8) is 0 Å². The third kappa shape index (κ3) is 5.78. The Morgan fingerprint density at radius 2 is 2.02 bits per heavy atom. The zero-order chi connectivity index (χ0) is 28.4. The van der Waals surface area contributed by atoms with Crippen molar-refractivity contribution in [2.45, 2.75) is 71.6 Å². The van der Waals surface area contributed by atoms with Crippen LogP contribution >= 0.6 is 0 Å². The van der Waals surface area contributed by atoms with Crippen molar-refractivity contribution in [1.82, 2.24) is 29.3 Å². The van der Waals surface area contributed by atoms with Gasteiger partial charge in [-0.2, -0.15) is 15.5 Å². The van der Waals surface area contributed by atoms with Gasteiger partial charge in [-0.05, 0) is 72.1 Å². The molecule has 5 rings (SSSR count). The minimum Gasteiger partial charge on any atom is -0.482 e. The lowest BCUT2D eigenvalue weighted by Gasteiger charge is -2.26. The van der Waals surface area contributed by atoms with Crippen LogP contribution < -0.4 is 4.74 Å². The monoisotopic (exact) mass is 541 g/mol. The summed E-state index contributed by atoms with van der Waals surface area (Å²) in [7, 11) is 0. The van der Waals surface area contributed by atoms with Gasteiger partial charge in [-0.3, -0.25) is 9.67 Å². The van der Waals surface area contributed by atoms with Crippen molar-refractivity contribution in [2.75, 3.05) is 13.1 Å². The largest absolute Gasteiger partial charge is 0.482 e. The smallest absolute Gasteiger partial charge is 0.410 e. The number of ether oxygens (including phenoxy) is 2. The highest BCUT2D eigenvalue weighted by Crippen LogP contribution is 2.35. The molecule has 0 radical (unpaired) electrons. The van der Waals surface area contributed by atoms with E-state index in [1.165, 1.54) is 0 Å². The van der Waals surface area contributed by atoms with Crippen LogP contribution in [0.2, 0.25) is 0 Å². The third-order valence-electron chi connectivity index (χ3n) is 7.06. The molecule has 10 heteroatoms. The molecule has 2 atom stereocenters. The Morgan fingerprint density at radius 3 is 2.75 bits per heavy atom. The van der Waals surface area contributed by atoms with E-state index >= 15 is 0 Å². The van der Waals surface area contributed by atoms with Gasteiger partial charge in [-0.1, -0.05) is 6.07 Å². The summed E-state index contributed by atoms with van der Waals surface area (Å²) in [5, 5.41) is 19.0. The predicted octanol–water partition coefficient (Wildman–Crippen LogP) is 5.88. The lowest BCUT2D eigenvalue weighted by atomic mass is 10.1. The van der Waals surface area contributed by atoms with Crippen LogP contribution in [0.5, 0.6) is 5.75 Å². The summed E-state index contributed by atoms with van der Waals surface area (Å²) in [6, 6.07) is 10.0. The van der Waals surface area contributed by atoms with E-state index in [2.05, 4.69) is 22.3 Å². The number of amides is 1. The number of nitriles is 1. The number of aromatic nitrogens is 5. The van der Waals surface area contributed by atoms with Crippen LogP contribution in [0.4, 0.5) is 4.79 Å². The van der Waals surface area contributed by atoms with Crippen molar-refractivity contribution in [3.8, 4) is 22.9 Å². The van der Waals surface area contributed by atoms with Gasteiger partial charge < -0.3 is 14.4 Å². The van der Waals surface area contributed by atoms with Crippen molar-refractivity contribution in [3.05, 3.63) is 66.0 Å². The van der Waals surface area contributed by atoms with Crippen LogP contribution in [0.3, 0.4) is 0 Å². The van der Waals surface area contributed by atoms with Gasteiger partial charge in [0.1, 0.15) is 34.6 Å². The second-order valence-electron chi connectivity index (χ2n) is 11.2. The number of likely N-dealkylation sites (tertiary alicyclic amines) is 1. The molecule has 1 fully saturated rings. The number of carbonyl (C=O) groups is 1. The normalized spacial score (nSPS) is 16.8. The Labute approximate surface area is 234 Å². The third-order valence-corrected chi connectivity index (χ3v) is 7.06. The molecule has 0 bridgehead atoms. The Balaban J connectivity index is 1.42. The first-order valence-corrected chi connectivity index (χ1v) is 13.7. The molecule has 40 heavy (non-hydrogen) atoms. The molecule has 0 spiro atoms. The zero-order valence-electron chi connectivity index (χ0n) is 23.7. The quantitative estimate of drug-likeness (QED) is 0.310.